The van der Waals surface area contributed by atoms with Gasteiger partial charge in [0.2, 0.25) is 5.91 Å². The zero-order valence-electron chi connectivity index (χ0n) is 11.1. The lowest BCUT2D eigenvalue weighted by Crippen LogP contribution is -2.16. The Hall–Kier alpha value is -2.95. The predicted octanol–water partition coefficient (Wildman–Crippen LogP) is 1.91. The highest BCUT2D eigenvalue weighted by Gasteiger charge is 2.18. The summed E-state index contributed by atoms with van der Waals surface area (Å²) in [6, 6.07) is 12.5. The smallest absolute Gasteiger partial charge is 0.336 e. The molecule has 0 aliphatic heterocycles. The van der Waals surface area contributed by atoms with Crippen molar-refractivity contribution in [1.29, 1.82) is 0 Å². The molecule has 0 saturated carbocycles. The number of hydrogen-bond acceptors (Lipinski definition) is 3. The molecule has 0 aliphatic rings. The minimum atomic E-state index is -1.16. The van der Waals surface area contributed by atoms with Crippen molar-refractivity contribution < 1.29 is 19.5 Å². The summed E-state index contributed by atoms with van der Waals surface area (Å²) in [6.45, 7) is 0. The maximum Gasteiger partial charge on any atom is 0.336 e. The van der Waals surface area contributed by atoms with Crippen LogP contribution in [0, 0.1) is 0 Å². The molecule has 5 nitrogen and oxygen atoms in total. The summed E-state index contributed by atoms with van der Waals surface area (Å²) in [7, 11) is 0. The molecule has 21 heavy (non-hydrogen) atoms. The SMILES string of the molecule is NC(=O)c1ccccc1CC(=O)c1ccccc1C(=O)O. The molecule has 0 fully saturated rings. The van der Waals surface area contributed by atoms with E-state index in [-0.39, 0.29) is 28.9 Å². The molecule has 0 spiro atoms. The van der Waals surface area contributed by atoms with Gasteiger partial charge < -0.3 is 10.8 Å². The minimum Gasteiger partial charge on any atom is -0.478 e. The number of benzene rings is 2. The van der Waals surface area contributed by atoms with Crippen molar-refractivity contribution in [2.75, 3.05) is 0 Å². The molecule has 106 valence electrons. The summed E-state index contributed by atoms with van der Waals surface area (Å²) in [5.41, 5.74) is 6.07. The third kappa shape index (κ3) is 3.14. The van der Waals surface area contributed by atoms with Crippen LogP contribution in [0.1, 0.15) is 36.6 Å². The molecule has 2 aromatic carbocycles. The van der Waals surface area contributed by atoms with Gasteiger partial charge in [0, 0.05) is 17.5 Å². The second-order valence-electron chi connectivity index (χ2n) is 4.47. The summed E-state index contributed by atoms with van der Waals surface area (Å²) in [5, 5.41) is 9.10. The van der Waals surface area contributed by atoms with E-state index >= 15 is 0 Å². The van der Waals surface area contributed by atoms with Gasteiger partial charge in [0.1, 0.15) is 0 Å². The first kappa shape index (κ1) is 14.5. The number of carboxylic acids is 1. The summed E-state index contributed by atoms with van der Waals surface area (Å²) in [4.78, 5) is 34.8. The monoisotopic (exact) mass is 283 g/mol. The minimum absolute atomic E-state index is 0.0564. The van der Waals surface area contributed by atoms with Crippen LogP contribution >= 0.6 is 0 Å². The van der Waals surface area contributed by atoms with Gasteiger partial charge in [-0.25, -0.2) is 4.79 Å². The van der Waals surface area contributed by atoms with Crippen molar-refractivity contribution >= 4 is 17.7 Å². The fourth-order valence-corrected chi connectivity index (χ4v) is 2.10. The Bertz CT molecular complexity index is 722. The number of carbonyl (C=O) groups excluding carboxylic acids is 2. The molecule has 0 bridgehead atoms. The lowest BCUT2D eigenvalue weighted by molar-refractivity contribution is 0.0691. The van der Waals surface area contributed by atoms with Gasteiger partial charge in [-0.2, -0.15) is 0 Å². The lowest BCUT2D eigenvalue weighted by Gasteiger charge is -2.08. The van der Waals surface area contributed by atoms with Crippen molar-refractivity contribution in [2.24, 2.45) is 5.73 Å². The average molecular weight is 283 g/mol. The Morgan fingerprint density at radius 2 is 1.38 bits per heavy atom. The number of amides is 1. The van der Waals surface area contributed by atoms with Crippen LogP contribution in [0.25, 0.3) is 0 Å². The molecule has 0 radical (unpaired) electrons. The molecule has 2 aromatic rings. The van der Waals surface area contributed by atoms with Crippen molar-refractivity contribution in [3.63, 3.8) is 0 Å². The van der Waals surface area contributed by atoms with Crippen molar-refractivity contribution in [1.82, 2.24) is 0 Å². The zero-order chi connectivity index (χ0) is 15.4. The van der Waals surface area contributed by atoms with Crippen LogP contribution in [0.4, 0.5) is 0 Å². The molecule has 0 aromatic heterocycles. The number of ketones is 1. The number of primary amides is 1. The molecule has 2 rings (SSSR count). The molecule has 1 amide bonds. The van der Waals surface area contributed by atoms with Crippen LogP contribution in [0.2, 0.25) is 0 Å². The van der Waals surface area contributed by atoms with E-state index in [0.29, 0.717) is 5.56 Å². The normalized spacial score (nSPS) is 10.1. The van der Waals surface area contributed by atoms with E-state index in [2.05, 4.69) is 0 Å². The first-order chi connectivity index (χ1) is 10.0. The van der Waals surface area contributed by atoms with Gasteiger partial charge in [0.05, 0.1) is 5.56 Å². The summed E-state index contributed by atoms with van der Waals surface area (Å²) < 4.78 is 0. The Morgan fingerprint density at radius 3 is 1.95 bits per heavy atom. The second-order valence-corrected chi connectivity index (χ2v) is 4.47. The first-order valence-corrected chi connectivity index (χ1v) is 6.24. The second kappa shape index (κ2) is 6.00. The molecule has 0 saturated heterocycles. The number of carbonyl (C=O) groups is 3. The third-order valence-corrected chi connectivity index (χ3v) is 3.09. The average Bonchev–Trinajstić information content (AvgIpc) is 2.47. The molecule has 0 unspecified atom stereocenters. The van der Waals surface area contributed by atoms with Gasteiger partial charge in [-0.15, -0.1) is 0 Å². The quantitative estimate of drug-likeness (QED) is 0.819. The predicted molar refractivity (Wildman–Crippen MR) is 76.4 cm³/mol. The van der Waals surface area contributed by atoms with E-state index in [4.69, 9.17) is 10.8 Å². The van der Waals surface area contributed by atoms with Crippen LogP contribution in [-0.4, -0.2) is 22.8 Å². The van der Waals surface area contributed by atoms with Crippen LogP contribution in [0.3, 0.4) is 0 Å². The molecular weight excluding hydrogens is 270 g/mol. The van der Waals surface area contributed by atoms with Crippen molar-refractivity contribution in [3.05, 3.63) is 70.8 Å². The Kier molecular flexibility index (Phi) is 4.13. The maximum absolute atomic E-state index is 12.3. The molecule has 5 heteroatoms. The third-order valence-electron chi connectivity index (χ3n) is 3.09. The number of nitrogens with two attached hydrogens (primary N) is 1. The zero-order valence-corrected chi connectivity index (χ0v) is 11.1. The van der Waals surface area contributed by atoms with Gasteiger partial charge in [-0.1, -0.05) is 36.4 Å². The summed E-state index contributed by atoms with van der Waals surface area (Å²) >= 11 is 0. The maximum atomic E-state index is 12.3. The first-order valence-electron chi connectivity index (χ1n) is 6.24. The Morgan fingerprint density at radius 1 is 0.857 bits per heavy atom. The van der Waals surface area contributed by atoms with Crippen LogP contribution in [-0.2, 0) is 6.42 Å². The van der Waals surface area contributed by atoms with E-state index < -0.39 is 11.9 Å². The number of Topliss-reactive ketones (excluding diaryl/α,β-unsaturated/α-hetero) is 1. The highest BCUT2D eigenvalue weighted by Crippen LogP contribution is 2.15. The summed E-state index contributed by atoms with van der Waals surface area (Å²) in [6.07, 6.45) is -0.0800. The Labute approximate surface area is 121 Å². The molecule has 0 atom stereocenters. The van der Waals surface area contributed by atoms with Gasteiger partial charge in [-0.3, -0.25) is 9.59 Å². The van der Waals surface area contributed by atoms with Crippen LogP contribution in [0.5, 0.6) is 0 Å². The highest BCUT2D eigenvalue weighted by molar-refractivity contribution is 6.07. The molecular formula is C16H13NO4. The van der Waals surface area contributed by atoms with E-state index in [0.717, 1.165) is 0 Å². The Balaban J connectivity index is 2.36. The van der Waals surface area contributed by atoms with Gasteiger partial charge in [0.25, 0.3) is 0 Å². The van der Waals surface area contributed by atoms with Crippen molar-refractivity contribution in [3.8, 4) is 0 Å². The van der Waals surface area contributed by atoms with Gasteiger partial charge in [0.15, 0.2) is 5.78 Å². The van der Waals surface area contributed by atoms with Crippen molar-refractivity contribution in [2.45, 2.75) is 6.42 Å². The van der Waals surface area contributed by atoms with E-state index in [9.17, 15) is 14.4 Å². The van der Waals surface area contributed by atoms with Gasteiger partial charge in [-0.05, 0) is 17.7 Å². The number of carboxylic acid groups (broad SMARTS) is 1. The van der Waals surface area contributed by atoms with E-state index in [1.165, 1.54) is 18.2 Å². The largest absolute Gasteiger partial charge is 0.478 e. The molecule has 0 heterocycles. The summed E-state index contributed by atoms with van der Waals surface area (Å²) in [5.74, 6) is -2.16. The van der Waals surface area contributed by atoms with E-state index in [1.54, 1.807) is 30.3 Å². The fraction of sp³-hybridized carbons (Fsp3) is 0.0625. The molecule has 3 N–H and O–H groups in total. The fourth-order valence-electron chi connectivity index (χ4n) is 2.10. The van der Waals surface area contributed by atoms with Crippen LogP contribution < -0.4 is 5.73 Å². The standard InChI is InChI=1S/C16H13NO4/c17-15(19)11-6-2-1-5-10(11)9-14(18)12-7-3-4-8-13(12)16(20)21/h1-8H,9H2,(H2,17,19)(H,20,21). The number of rotatable bonds is 5. The van der Waals surface area contributed by atoms with Crippen LogP contribution in [0.15, 0.2) is 48.5 Å². The molecule has 0 aliphatic carbocycles. The topological polar surface area (TPSA) is 97.5 Å². The highest BCUT2D eigenvalue weighted by atomic mass is 16.4. The lowest BCUT2D eigenvalue weighted by atomic mass is 9.96. The van der Waals surface area contributed by atoms with E-state index in [1.807, 2.05) is 0 Å². The van der Waals surface area contributed by atoms with Gasteiger partial charge >= 0.3 is 5.97 Å². The number of aromatic carboxylic acids is 1. The number of hydrogen-bond donors (Lipinski definition) is 2.